The fourth-order valence-corrected chi connectivity index (χ4v) is 2.16. The van der Waals surface area contributed by atoms with Crippen LogP contribution in [0.5, 0.6) is 5.75 Å². The fourth-order valence-electron chi connectivity index (χ4n) is 2.03. The Morgan fingerprint density at radius 3 is 2.14 bits per heavy atom. The van der Waals surface area contributed by atoms with Gasteiger partial charge in [-0.05, 0) is 29.8 Å². The predicted octanol–water partition coefficient (Wildman–Crippen LogP) is 4.15. The molecule has 112 valence electrons. The van der Waals surface area contributed by atoms with Gasteiger partial charge < -0.3 is 9.84 Å². The molecular formula is C15H12ClF3O2. The molecule has 2 aromatic carbocycles. The molecule has 2 rings (SSSR count). The van der Waals surface area contributed by atoms with E-state index >= 15 is 0 Å². The first-order chi connectivity index (χ1) is 9.79. The van der Waals surface area contributed by atoms with E-state index in [1.165, 1.54) is 37.4 Å². The van der Waals surface area contributed by atoms with Gasteiger partial charge in [-0.1, -0.05) is 35.9 Å². The Bertz CT molecular complexity index is 626. The topological polar surface area (TPSA) is 29.5 Å². The first-order valence-electron chi connectivity index (χ1n) is 5.98. The van der Waals surface area contributed by atoms with Gasteiger partial charge in [-0.3, -0.25) is 0 Å². The number of methoxy groups -OCH3 is 1. The highest BCUT2D eigenvalue weighted by molar-refractivity contribution is 6.30. The second-order valence-corrected chi connectivity index (χ2v) is 4.88. The summed E-state index contributed by atoms with van der Waals surface area (Å²) in [5.74, 6) is 0.226. The zero-order valence-corrected chi connectivity index (χ0v) is 11.7. The largest absolute Gasteiger partial charge is 0.497 e. The summed E-state index contributed by atoms with van der Waals surface area (Å²) in [6.45, 7) is 0. The summed E-state index contributed by atoms with van der Waals surface area (Å²) in [5.41, 5.74) is -3.77. The lowest BCUT2D eigenvalue weighted by Crippen LogP contribution is -2.43. The minimum Gasteiger partial charge on any atom is -0.497 e. The van der Waals surface area contributed by atoms with E-state index in [2.05, 4.69) is 0 Å². The summed E-state index contributed by atoms with van der Waals surface area (Å²) >= 11 is 5.69. The third kappa shape index (κ3) is 2.84. The highest BCUT2D eigenvalue weighted by atomic mass is 35.5. The number of ether oxygens (including phenoxy) is 1. The van der Waals surface area contributed by atoms with Crippen LogP contribution in [0.3, 0.4) is 0 Å². The van der Waals surface area contributed by atoms with Crippen LogP contribution in [0.15, 0.2) is 48.5 Å². The zero-order valence-electron chi connectivity index (χ0n) is 11.0. The van der Waals surface area contributed by atoms with Crippen LogP contribution in [-0.2, 0) is 5.60 Å². The number of halogens is 4. The van der Waals surface area contributed by atoms with Crippen molar-refractivity contribution in [2.75, 3.05) is 7.11 Å². The monoisotopic (exact) mass is 316 g/mol. The van der Waals surface area contributed by atoms with Crippen molar-refractivity contribution in [3.63, 3.8) is 0 Å². The Morgan fingerprint density at radius 2 is 1.62 bits per heavy atom. The van der Waals surface area contributed by atoms with E-state index < -0.39 is 11.8 Å². The molecule has 0 spiro atoms. The Balaban J connectivity index is 2.64. The average Bonchev–Trinajstić information content (AvgIpc) is 2.46. The molecule has 0 aliphatic rings. The van der Waals surface area contributed by atoms with Crippen LogP contribution < -0.4 is 4.74 Å². The summed E-state index contributed by atoms with van der Waals surface area (Å²) in [7, 11) is 1.34. The molecule has 0 bridgehead atoms. The van der Waals surface area contributed by atoms with Gasteiger partial charge in [0.1, 0.15) is 5.75 Å². The third-order valence-electron chi connectivity index (χ3n) is 3.16. The molecule has 1 N–H and O–H groups in total. The number of alkyl halides is 3. The molecule has 2 nitrogen and oxygen atoms in total. The maximum Gasteiger partial charge on any atom is 0.425 e. The number of benzene rings is 2. The standard InChI is InChI=1S/C15H12ClF3O2/c1-21-13-4-2-3-11(9-13)14(20,15(17,18)19)10-5-7-12(16)8-6-10/h2-9,20H,1H3. The second-order valence-electron chi connectivity index (χ2n) is 4.45. The van der Waals surface area contributed by atoms with Crippen LogP contribution in [0.4, 0.5) is 13.2 Å². The molecule has 21 heavy (non-hydrogen) atoms. The van der Waals surface area contributed by atoms with Crippen LogP contribution in [0.2, 0.25) is 5.02 Å². The van der Waals surface area contributed by atoms with Gasteiger partial charge in [-0.25, -0.2) is 0 Å². The Kier molecular flexibility index (Phi) is 4.16. The smallest absolute Gasteiger partial charge is 0.425 e. The molecular weight excluding hydrogens is 305 g/mol. The van der Waals surface area contributed by atoms with Gasteiger partial charge in [-0.2, -0.15) is 13.2 Å². The lowest BCUT2D eigenvalue weighted by atomic mass is 9.85. The molecule has 2 aromatic rings. The minimum atomic E-state index is -4.90. The number of aliphatic hydroxyl groups is 1. The number of rotatable bonds is 3. The lowest BCUT2D eigenvalue weighted by Gasteiger charge is -2.31. The third-order valence-corrected chi connectivity index (χ3v) is 3.41. The molecule has 0 fully saturated rings. The number of hydrogen-bond acceptors (Lipinski definition) is 2. The van der Waals surface area contributed by atoms with Crippen LogP contribution in [0.1, 0.15) is 11.1 Å². The van der Waals surface area contributed by atoms with Crippen molar-refractivity contribution < 1.29 is 23.0 Å². The lowest BCUT2D eigenvalue weighted by molar-refractivity contribution is -0.248. The summed E-state index contributed by atoms with van der Waals surface area (Å²) in [4.78, 5) is 0. The zero-order chi connectivity index (χ0) is 15.7. The Labute approximate surface area is 124 Å². The number of hydrogen-bond donors (Lipinski definition) is 1. The normalized spacial score (nSPS) is 14.6. The van der Waals surface area contributed by atoms with Gasteiger partial charge in [0.15, 0.2) is 0 Å². The van der Waals surface area contributed by atoms with Crippen molar-refractivity contribution in [3.8, 4) is 5.75 Å². The molecule has 0 saturated heterocycles. The van der Waals surface area contributed by atoms with Crippen molar-refractivity contribution in [2.45, 2.75) is 11.8 Å². The average molecular weight is 317 g/mol. The van der Waals surface area contributed by atoms with E-state index in [9.17, 15) is 18.3 Å². The summed E-state index contributed by atoms with van der Waals surface area (Å²) in [6, 6.07) is 10.1. The van der Waals surface area contributed by atoms with Crippen molar-refractivity contribution in [1.29, 1.82) is 0 Å². The maximum absolute atomic E-state index is 13.5. The SMILES string of the molecule is COc1cccc(C(O)(c2ccc(Cl)cc2)C(F)(F)F)c1. The van der Waals surface area contributed by atoms with Gasteiger partial charge >= 0.3 is 6.18 Å². The molecule has 0 heterocycles. The molecule has 0 aliphatic carbocycles. The quantitative estimate of drug-likeness (QED) is 0.922. The molecule has 0 aliphatic heterocycles. The van der Waals surface area contributed by atoms with Gasteiger partial charge in [-0.15, -0.1) is 0 Å². The van der Waals surface area contributed by atoms with Crippen LogP contribution >= 0.6 is 11.6 Å². The minimum absolute atomic E-state index is 0.226. The highest BCUT2D eigenvalue weighted by Gasteiger charge is 2.56. The fraction of sp³-hybridized carbons (Fsp3) is 0.200. The first-order valence-corrected chi connectivity index (χ1v) is 6.36. The van der Waals surface area contributed by atoms with Crippen molar-refractivity contribution in [3.05, 3.63) is 64.7 Å². The van der Waals surface area contributed by atoms with Gasteiger partial charge in [0.05, 0.1) is 7.11 Å². The van der Waals surface area contributed by atoms with Crippen molar-refractivity contribution in [2.24, 2.45) is 0 Å². The van der Waals surface area contributed by atoms with Gasteiger partial charge in [0.2, 0.25) is 5.60 Å². The van der Waals surface area contributed by atoms with Crippen molar-refractivity contribution >= 4 is 11.6 Å². The Morgan fingerprint density at radius 1 is 1.00 bits per heavy atom. The maximum atomic E-state index is 13.5. The van der Waals surface area contributed by atoms with E-state index in [0.717, 1.165) is 18.2 Å². The Hall–Kier alpha value is -1.72. The van der Waals surface area contributed by atoms with Crippen LogP contribution in [0, 0.1) is 0 Å². The van der Waals surface area contributed by atoms with Crippen LogP contribution in [-0.4, -0.2) is 18.4 Å². The summed E-state index contributed by atoms with van der Waals surface area (Å²) in [5, 5.41) is 10.7. The first kappa shape index (κ1) is 15.7. The molecule has 0 saturated carbocycles. The van der Waals surface area contributed by atoms with Crippen LogP contribution in [0.25, 0.3) is 0 Å². The van der Waals surface area contributed by atoms with E-state index in [-0.39, 0.29) is 21.9 Å². The second kappa shape index (κ2) is 5.58. The molecule has 0 amide bonds. The molecule has 0 aromatic heterocycles. The molecule has 1 atom stereocenters. The molecule has 0 radical (unpaired) electrons. The highest BCUT2D eigenvalue weighted by Crippen LogP contribution is 2.45. The van der Waals surface area contributed by atoms with E-state index in [0.29, 0.717) is 0 Å². The molecule has 6 heteroatoms. The summed E-state index contributed by atoms with van der Waals surface area (Å²) < 4.78 is 45.4. The summed E-state index contributed by atoms with van der Waals surface area (Å²) in [6.07, 6.45) is -4.90. The van der Waals surface area contributed by atoms with E-state index in [4.69, 9.17) is 16.3 Å². The molecule has 1 unspecified atom stereocenters. The predicted molar refractivity (Wildman–Crippen MR) is 73.5 cm³/mol. The van der Waals surface area contributed by atoms with Gasteiger partial charge in [0.25, 0.3) is 0 Å². The van der Waals surface area contributed by atoms with E-state index in [1.54, 1.807) is 0 Å². The van der Waals surface area contributed by atoms with Gasteiger partial charge in [0, 0.05) is 10.6 Å². The van der Waals surface area contributed by atoms with E-state index in [1.807, 2.05) is 0 Å². The van der Waals surface area contributed by atoms with Crippen molar-refractivity contribution in [1.82, 2.24) is 0 Å².